The molecule has 5 heteroatoms. The summed E-state index contributed by atoms with van der Waals surface area (Å²) in [5.41, 5.74) is 1.05. The Morgan fingerprint density at radius 3 is 2.17 bits per heavy atom. The average molecular weight is 416 g/mol. The Labute approximate surface area is 178 Å². The lowest BCUT2D eigenvalue weighted by Crippen LogP contribution is -2.38. The number of cyclic esters (lactones) is 1. The Bertz CT molecular complexity index is 646. The number of carbonyl (C=O) groups excluding carboxylic acids is 1. The molecule has 0 saturated carbocycles. The van der Waals surface area contributed by atoms with Crippen molar-refractivity contribution in [3.8, 4) is 12.0 Å². The van der Waals surface area contributed by atoms with Gasteiger partial charge in [0, 0.05) is 6.04 Å². The molecule has 1 saturated heterocycles. The first-order valence-electron chi connectivity index (χ1n) is 11.3. The molecule has 1 heterocycles. The molecule has 0 radical (unpaired) electrons. The lowest BCUT2D eigenvalue weighted by atomic mass is 10.1. The minimum absolute atomic E-state index is 0.140. The van der Waals surface area contributed by atoms with E-state index in [4.69, 9.17) is 9.16 Å². The van der Waals surface area contributed by atoms with Gasteiger partial charge in [-0.3, -0.25) is 0 Å². The first-order valence-corrected chi connectivity index (χ1v) is 13.8. The van der Waals surface area contributed by atoms with E-state index in [-0.39, 0.29) is 12.1 Å². The van der Waals surface area contributed by atoms with E-state index < -0.39 is 8.32 Å². The van der Waals surface area contributed by atoms with E-state index >= 15 is 0 Å². The van der Waals surface area contributed by atoms with E-state index in [1.165, 1.54) is 61.6 Å². The Kier molecular flexibility index (Phi) is 10.3. The fraction of sp³-hybridized carbons (Fsp3) is 0.625. The standard InChI is InChI=1S/C24H37NO3Si/c1-4-7-18-29(19-8-5-2,20-9-6-3)28-17-13-16-25-23(21-27-24(25)26)22-14-11-10-12-15-22/h10-12,14-15,23H,4-9,17-21H2,1-3H3/t23-/m0/s1. The van der Waals surface area contributed by atoms with Crippen LogP contribution in [-0.4, -0.2) is 32.5 Å². The number of ether oxygens (including phenoxy) is 1. The van der Waals surface area contributed by atoms with Gasteiger partial charge in [-0.15, -0.1) is 0 Å². The molecule has 0 aromatic heterocycles. The number of unbranched alkanes of at least 4 members (excludes halogenated alkanes) is 3. The zero-order chi connectivity index (χ0) is 21.0. The molecule has 1 aliphatic rings. The van der Waals surface area contributed by atoms with Crippen molar-refractivity contribution in [3.63, 3.8) is 0 Å². The highest BCUT2D eigenvalue weighted by Gasteiger charge is 2.34. The van der Waals surface area contributed by atoms with Crippen LogP contribution in [0.2, 0.25) is 18.1 Å². The van der Waals surface area contributed by atoms with Crippen LogP contribution in [0.3, 0.4) is 0 Å². The molecule has 1 aromatic carbocycles. The summed E-state index contributed by atoms with van der Waals surface area (Å²) in [6.07, 6.45) is 6.98. The molecule has 0 aliphatic carbocycles. The number of hydrogen-bond acceptors (Lipinski definition) is 3. The van der Waals surface area contributed by atoms with Gasteiger partial charge >= 0.3 is 6.09 Å². The second kappa shape index (κ2) is 12.7. The van der Waals surface area contributed by atoms with Gasteiger partial charge in [-0.25, -0.2) is 9.69 Å². The normalized spacial score (nSPS) is 16.4. The smallest absolute Gasteiger partial charge is 0.422 e. The summed E-state index contributed by atoms with van der Waals surface area (Å²) >= 11 is 0. The Hall–Kier alpha value is -1.77. The van der Waals surface area contributed by atoms with E-state index in [1.807, 2.05) is 30.3 Å². The summed E-state index contributed by atoms with van der Waals surface area (Å²) in [5.74, 6) is 3.13. The first-order chi connectivity index (χ1) is 14.2. The fourth-order valence-corrected chi connectivity index (χ4v) is 8.42. The van der Waals surface area contributed by atoms with Crippen molar-refractivity contribution in [1.29, 1.82) is 0 Å². The molecule has 4 nitrogen and oxygen atoms in total. The van der Waals surface area contributed by atoms with Crippen molar-refractivity contribution in [3.05, 3.63) is 35.9 Å². The number of nitrogens with zero attached hydrogens (tertiary/aromatic N) is 1. The van der Waals surface area contributed by atoms with E-state index in [0.717, 1.165) is 5.56 Å². The summed E-state index contributed by atoms with van der Waals surface area (Å²) < 4.78 is 11.8. The average Bonchev–Trinajstić information content (AvgIpc) is 3.13. The minimum Gasteiger partial charge on any atom is -0.446 e. The zero-order valence-electron chi connectivity index (χ0n) is 18.4. The van der Waals surface area contributed by atoms with E-state index in [9.17, 15) is 4.79 Å². The van der Waals surface area contributed by atoms with Crippen LogP contribution in [0.15, 0.2) is 30.3 Å². The Balaban J connectivity index is 2.04. The number of carbonyl (C=O) groups is 1. The lowest BCUT2D eigenvalue weighted by Gasteiger charge is -2.31. The molecule has 0 bridgehead atoms. The molecule has 0 N–H and O–H groups in total. The third-order valence-corrected chi connectivity index (χ3v) is 10.2. The van der Waals surface area contributed by atoms with Gasteiger partial charge in [-0.05, 0) is 23.7 Å². The summed E-state index contributed by atoms with van der Waals surface area (Å²) in [4.78, 5) is 13.7. The Morgan fingerprint density at radius 2 is 1.62 bits per heavy atom. The predicted octanol–water partition coefficient (Wildman–Crippen LogP) is 6.50. The van der Waals surface area contributed by atoms with Gasteiger partial charge in [0.25, 0.3) is 0 Å². The monoisotopic (exact) mass is 415 g/mol. The van der Waals surface area contributed by atoms with Crippen molar-refractivity contribution in [2.75, 3.05) is 13.2 Å². The molecule has 1 aliphatic heterocycles. The van der Waals surface area contributed by atoms with Crippen LogP contribution in [0.5, 0.6) is 0 Å². The lowest BCUT2D eigenvalue weighted by molar-refractivity contribution is 0.167. The highest BCUT2D eigenvalue weighted by Crippen LogP contribution is 2.30. The van der Waals surface area contributed by atoms with Crippen LogP contribution < -0.4 is 0 Å². The summed E-state index contributed by atoms with van der Waals surface area (Å²) in [7, 11) is -1.77. The van der Waals surface area contributed by atoms with Gasteiger partial charge < -0.3 is 9.16 Å². The van der Waals surface area contributed by atoms with E-state index in [1.54, 1.807) is 0 Å². The quantitative estimate of drug-likeness (QED) is 0.289. The van der Waals surface area contributed by atoms with Crippen LogP contribution >= 0.6 is 0 Å². The van der Waals surface area contributed by atoms with Crippen molar-refractivity contribution in [2.24, 2.45) is 0 Å². The van der Waals surface area contributed by atoms with Crippen molar-refractivity contribution < 1.29 is 14.0 Å². The maximum absolute atomic E-state index is 12.1. The third kappa shape index (κ3) is 7.20. The molecule has 1 atom stereocenters. The van der Waals surface area contributed by atoms with Gasteiger partial charge in [0.2, 0.25) is 0 Å². The number of benzene rings is 1. The molecular weight excluding hydrogens is 378 g/mol. The van der Waals surface area contributed by atoms with Gasteiger partial charge in [0.1, 0.15) is 12.6 Å². The van der Waals surface area contributed by atoms with Crippen molar-refractivity contribution in [2.45, 2.75) is 83.5 Å². The SMILES string of the molecule is CCCC[Si](CCCC)(CCCC)OCC#CN1C(=O)OC[C@H]1c1ccccc1. The maximum Gasteiger partial charge on any atom is 0.422 e. The molecule has 0 unspecified atom stereocenters. The van der Waals surface area contributed by atoms with Crippen LogP contribution in [-0.2, 0) is 9.16 Å². The second-order valence-electron chi connectivity index (χ2n) is 7.94. The van der Waals surface area contributed by atoms with Crippen LogP contribution in [0, 0.1) is 12.0 Å². The summed E-state index contributed by atoms with van der Waals surface area (Å²) in [6, 6.07) is 16.5. The predicted molar refractivity (Wildman–Crippen MR) is 121 cm³/mol. The topological polar surface area (TPSA) is 38.8 Å². The van der Waals surface area contributed by atoms with Crippen molar-refractivity contribution in [1.82, 2.24) is 4.90 Å². The van der Waals surface area contributed by atoms with Crippen LogP contribution in [0.25, 0.3) is 0 Å². The summed E-state index contributed by atoms with van der Waals surface area (Å²) in [5, 5.41) is 0. The molecule has 1 amide bonds. The van der Waals surface area contributed by atoms with Crippen LogP contribution in [0.4, 0.5) is 4.79 Å². The molecule has 160 valence electrons. The number of amides is 1. The Morgan fingerprint density at radius 1 is 1.03 bits per heavy atom. The summed E-state index contributed by atoms with van der Waals surface area (Å²) in [6.45, 7) is 7.51. The van der Waals surface area contributed by atoms with Gasteiger partial charge in [-0.1, -0.05) is 95.5 Å². The highest BCUT2D eigenvalue weighted by molar-refractivity contribution is 6.73. The van der Waals surface area contributed by atoms with Crippen LogP contribution in [0.1, 0.15) is 70.9 Å². The number of rotatable bonds is 12. The van der Waals surface area contributed by atoms with E-state index in [2.05, 4.69) is 32.7 Å². The highest BCUT2D eigenvalue weighted by atomic mass is 28.4. The van der Waals surface area contributed by atoms with Crippen molar-refractivity contribution >= 4 is 14.4 Å². The molecule has 1 aromatic rings. The van der Waals surface area contributed by atoms with Gasteiger partial charge in [-0.2, -0.15) is 0 Å². The second-order valence-corrected chi connectivity index (χ2v) is 12.1. The number of hydrogen-bond donors (Lipinski definition) is 0. The largest absolute Gasteiger partial charge is 0.446 e. The zero-order valence-corrected chi connectivity index (χ0v) is 19.4. The maximum atomic E-state index is 12.1. The molecule has 1 fully saturated rings. The molecular formula is C24H37NO3Si. The minimum atomic E-state index is -1.77. The van der Waals surface area contributed by atoms with Gasteiger partial charge in [0.15, 0.2) is 8.32 Å². The molecule has 0 spiro atoms. The fourth-order valence-electron chi connectivity index (χ4n) is 3.86. The van der Waals surface area contributed by atoms with E-state index in [0.29, 0.717) is 13.2 Å². The molecule has 2 rings (SSSR count). The molecule has 29 heavy (non-hydrogen) atoms. The third-order valence-electron chi connectivity index (χ3n) is 5.67. The van der Waals surface area contributed by atoms with Gasteiger partial charge in [0.05, 0.1) is 6.61 Å². The first kappa shape index (κ1) is 23.5.